The molecule has 3 rings (SSSR count). The van der Waals surface area contributed by atoms with E-state index in [9.17, 15) is 0 Å². The van der Waals surface area contributed by atoms with Gasteiger partial charge in [0.25, 0.3) is 0 Å². The minimum atomic E-state index is 0.731. The quantitative estimate of drug-likeness (QED) is 0.647. The van der Waals surface area contributed by atoms with Crippen molar-refractivity contribution in [1.29, 1.82) is 0 Å². The zero-order valence-electron chi connectivity index (χ0n) is 8.25. The molecule has 0 spiro atoms. The first kappa shape index (κ1) is 7.56. The van der Waals surface area contributed by atoms with Gasteiger partial charge in [0.15, 0.2) is 0 Å². The number of hydrogen-bond donors (Lipinski definition) is 0. The lowest BCUT2D eigenvalue weighted by Crippen LogP contribution is -2.12. The number of hydrogen-bond acceptors (Lipinski definition) is 2. The summed E-state index contributed by atoms with van der Waals surface area (Å²) >= 11 is 0. The molecule has 13 heavy (non-hydrogen) atoms. The molecule has 1 aliphatic heterocycles. The molecule has 0 radical (unpaired) electrons. The van der Waals surface area contributed by atoms with Crippen LogP contribution >= 0.6 is 0 Å². The van der Waals surface area contributed by atoms with Gasteiger partial charge in [-0.2, -0.15) is 5.10 Å². The molecule has 3 heteroatoms. The van der Waals surface area contributed by atoms with Crippen LogP contribution in [0.25, 0.3) is 0 Å². The van der Waals surface area contributed by atoms with Crippen molar-refractivity contribution in [2.45, 2.75) is 38.9 Å². The topological polar surface area (TPSA) is 21.1 Å². The van der Waals surface area contributed by atoms with Crippen LogP contribution in [0.5, 0.6) is 0 Å². The molecule has 1 aliphatic carbocycles. The van der Waals surface area contributed by atoms with Crippen LogP contribution in [0.4, 0.5) is 0 Å². The lowest BCUT2D eigenvalue weighted by atomic mass is 10.2. The Morgan fingerprint density at radius 3 is 2.77 bits per heavy atom. The summed E-state index contributed by atoms with van der Waals surface area (Å²) in [6, 6.07) is 0.731. The van der Waals surface area contributed by atoms with Crippen molar-refractivity contribution < 1.29 is 0 Å². The van der Waals surface area contributed by atoms with Crippen molar-refractivity contribution >= 4 is 0 Å². The van der Waals surface area contributed by atoms with Gasteiger partial charge in [0.2, 0.25) is 0 Å². The van der Waals surface area contributed by atoms with Crippen molar-refractivity contribution in [3.63, 3.8) is 0 Å². The van der Waals surface area contributed by atoms with E-state index in [1.165, 1.54) is 29.8 Å². The molecule has 70 valence electrons. The fourth-order valence-corrected chi connectivity index (χ4v) is 2.21. The summed E-state index contributed by atoms with van der Waals surface area (Å²) in [7, 11) is 2.18. The Labute approximate surface area is 78.3 Å². The second-order valence-electron chi connectivity index (χ2n) is 4.36. The summed E-state index contributed by atoms with van der Waals surface area (Å²) < 4.78 is 2.27. The van der Waals surface area contributed by atoms with Gasteiger partial charge >= 0.3 is 0 Å². The average molecular weight is 177 g/mol. The van der Waals surface area contributed by atoms with Gasteiger partial charge in [-0.15, -0.1) is 0 Å². The van der Waals surface area contributed by atoms with E-state index in [1.54, 1.807) is 0 Å². The number of fused-ring (bicyclic) bond motifs is 1. The predicted octanol–water partition coefficient (Wildman–Crippen LogP) is 1.47. The highest BCUT2D eigenvalue weighted by atomic mass is 15.3. The highest BCUT2D eigenvalue weighted by Crippen LogP contribution is 2.38. The largest absolute Gasteiger partial charge is 0.296 e. The summed E-state index contributed by atoms with van der Waals surface area (Å²) in [6.07, 6.45) is 2.66. The second kappa shape index (κ2) is 2.35. The first-order chi connectivity index (χ1) is 6.25. The summed E-state index contributed by atoms with van der Waals surface area (Å²) in [5.74, 6) is 0. The third kappa shape index (κ3) is 1.03. The Hall–Kier alpha value is -0.830. The maximum atomic E-state index is 4.62. The summed E-state index contributed by atoms with van der Waals surface area (Å²) in [4.78, 5) is 2.36. The van der Waals surface area contributed by atoms with Crippen LogP contribution in [-0.4, -0.2) is 21.7 Å². The smallest absolute Gasteiger partial charge is 0.0642 e. The van der Waals surface area contributed by atoms with Crippen LogP contribution in [0.3, 0.4) is 0 Å². The van der Waals surface area contributed by atoms with E-state index in [2.05, 4.69) is 28.7 Å². The zero-order valence-corrected chi connectivity index (χ0v) is 8.25. The van der Waals surface area contributed by atoms with Crippen molar-refractivity contribution in [2.75, 3.05) is 7.05 Å². The molecule has 1 fully saturated rings. The molecule has 0 unspecified atom stereocenters. The number of aromatic nitrogens is 2. The second-order valence-corrected chi connectivity index (χ2v) is 4.36. The Kier molecular flexibility index (Phi) is 1.37. The van der Waals surface area contributed by atoms with E-state index in [-0.39, 0.29) is 0 Å². The van der Waals surface area contributed by atoms with Crippen molar-refractivity contribution in [3.8, 4) is 0 Å². The molecule has 1 aromatic rings. The van der Waals surface area contributed by atoms with Gasteiger partial charge in [-0.25, -0.2) is 0 Å². The first-order valence-electron chi connectivity index (χ1n) is 5.01. The summed E-state index contributed by atoms with van der Waals surface area (Å²) in [5, 5.41) is 4.62. The molecule has 3 nitrogen and oxygen atoms in total. The number of nitrogens with zero attached hydrogens (tertiary/aromatic N) is 3. The van der Waals surface area contributed by atoms with E-state index in [1.807, 2.05) is 0 Å². The summed E-state index contributed by atoms with van der Waals surface area (Å²) in [5.41, 5.74) is 4.20. The molecule has 0 aromatic carbocycles. The average Bonchev–Trinajstić information content (AvgIpc) is 2.78. The molecule has 0 atom stereocenters. The Bertz CT molecular complexity index is 349. The molecule has 2 aliphatic rings. The van der Waals surface area contributed by atoms with Gasteiger partial charge in [0.1, 0.15) is 0 Å². The molecule has 0 saturated heterocycles. The monoisotopic (exact) mass is 177 g/mol. The molecule has 1 saturated carbocycles. The van der Waals surface area contributed by atoms with Crippen LogP contribution in [-0.2, 0) is 13.1 Å². The SMILES string of the molecule is Cc1nn(C2CC2)c2c1CN(C)C2. The van der Waals surface area contributed by atoms with E-state index >= 15 is 0 Å². The number of rotatable bonds is 1. The zero-order chi connectivity index (χ0) is 9.00. The van der Waals surface area contributed by atoms with Crippen molar-refractivity contribution in [3.05, 3.63) is 17.0 Å². The minimum absolute atomic E-state index is 0.731. The third-order valence-corrected chi connectivity index (χ3v) is 3.06. The van der Waals surface area contributed by atoms with Crippen molar-refractivity contribution in [1.82, 2.24) is 14.7 Å². The molecule has 0 amide bonds. The molecule has 0 bridgehead atoms. The van der Waals surface area contributed by atoms with E-state index < -0.39 is 0 Å². The molecular weight excluding hydrogens is 162 g/mol. The van der Waals surface area contributed by atoms with E-state index in [4.69, 9.17) is 0 Å². The van der Waals surface area contributed by atoms with Crippen LogP contribution in [0, 0.1) is 6.92 Å². The van der Waals surface area contributed by atoms with Gasteiger partial charge in [-0.3, -0.25) is 9.58 Å². The Morgan fingerprint density at radius 1 is 1.31 bits per heavy atom. The van der Waals surface area contributed by atoms with Crippen LogP contribution in [0.2, 0.25) is 0 Å². The van der Waals surface area contributed by atoms with Gasteiger partial charge in [-0.1, -0.05) is 0 Å². The number of aryl methyl sites for hydroxylation is 1. The predicted molar refractivity (Wildman–Crippen MR) is 50.4 cm³/mol. The maximum absolute atomic E-state index is 4.62. The molecule has 0 N–H and O–H groups in total. The Balaban J connectivity index is 2.08. The first-order valence-corrected chi connectivity index (χ1v) is 5.01. The van der Waals surface area contributed by atoms with Gasteiger partial charge in [0.05, 0.1) is 17.4 Å². The Morgan fingerprint density at radius 2 is 2.08 bits per heavy atom. The molecule has 2 heterocycles. The molecule has 1 aromatic heterocycles. The fourth-order valence-electron chi connectivity index (χ4n) is 2.21. The minimum Gasteiger partial charge on any atom is -0.296 e. The van der Waals surface area contributed by atoms with Gasteiger partial charge < -0.3 is 0 Å². The lowest BCUT2D eigenvalue weighted by molar-refractivity contribution is 0.340. The highest BCUT2D eigenvalue weighted by molar-refractivity contribution is 5.29. The van der Waals surface area contributed by atoms with Gasteiger partial charge in [0, 0.05) is 18.7 Å². The molecular formula is C10H15N3. The third-order valence-electron chi connectivity index (χ3n) is 3.06. The maximum Gasteiger partial charge on any atom is 0.0642 e. The van der Waals surface area contributed by atoms with Crippen LogP contribution in [0.1, 0.15) is 35.8 Å². The summed E-state index contributed by atoms with van der Waals surface area (Å²) in [6.45, 7) is 4.32. The lowest BCUT2D eigenvalue weighted by Gasteiger charge is -2.07. The van der Waals surface area contributed by atoms with Crippen LogP contribution < -0.4 is 0 Å². The van der Waals surface area contributed by atoms with Crippen molar-refractivity contribution in [2.24, 2.45) is 0 Å². The normalized spacial score (nSPS) is 22.3. The standard InChI is InChI=1S/C10H15N3/c1-7-9-5-12(2)6-10(9)13(11-7)8-3-4-8/h8H,3-6H2,1-2H3. The van der Waals surface area contributed by atoms with Gasteiger partial charge in [-0.05, 0) is 26.8 Å². The van der Waals surface area contributed by atoms with E-state index in [0.29, 0.717) is 0 Å². The fraction of sp³-hybridized carbons (Fsp3) is 0.700. The highest BCUT2D eigenvalue weighted by Gasteiger charge is 2.32. The van der Waals surface area contributed by atoms with Crippen LogP contribution in [0.15, 0.2) is 0 Å². The van der Waals surface area contributed by atoms with E-state index in [0.717, 1.165) is 19.1 Å².